The summed E-state index contributed by atoms with van der Waals surface area (Å²) in [6.07, 6.45) is 0.705. The molecule has 0 atom stereocenters. The Balaban J connectivity index is 1.58. The predicted molar refractivity (Wildman–Crippen MR) is 97.4 cm³/mol. The number of hydrogen-bond donors (Lipinski definition) is 1. The normalized spacial score (nSPS) is 14.5. The van der Waals surface area contributed by atoms with Crippen LogP contribution in [0, 0.1) is 5.82 Å². The van der Waals surface area contributed by atoms with E-state index >= 15 is 0 Å². The van der Waals surface area contributed by atoms with Gasteiger partial charge >= 0.3 is 0 Å². The van der Waals surface area contributed by atoms with E-state index in [2.05, 4.69) is 14.9 Å². The maximum Gasteiger partial charge on any atom is 0.255 e. The minimum absolute atomic E-state index is 0.0942. The van der Waals surface area contributed by atoms with E-state index in [1.807, 2.05) is 17.5 Å². The van der Waals surface area contributed by atoms with Crippen LogP contribution in [0.2, 0.25) is 5.02 Å². The number of thiophene rings is 1. The van der Waals surface area contributed by atoms with E-state index in [4.69, 9.17) is 11.6 Å². The van der Waals surface area contributed by atoms with Crippen LogP contribution in [0.1, 0.15) is 16.8 Å². The van der Waals surface area contributed by atoms with Crippen LogP contribution in [-0.2, 0) is 19.5 Å². The highest BCUT2D eigenvalue weighted by molar-refractivity contribution is 7.13. The van der Waals surface area contributed by atoms with Gasteiger partial charge in [-0.25, -0.2) is 9.37 Å². The molecule has 0 fully saturated rings. The fraction of sp³-hybridized carbons (Fsp3) is 0.222. The molecule has 2 aromatic heterocycles. The number of aromatic amines is 1. The first-order valence-electron chi connectivity index (χ1n) is 7.92. The average Bonchev–Trinajstić information content (AvgIpc) is 3.12. The molecule has 1 aliphatic heterocycles. The first-order valence-corrected chi connectivity index (χ1v) is 9.18. The molecule has 1 N–H and O–H groups in total. The molecule has 1 aromatic carbocycles. The van der Waals surface area contributed by atoms with Crippen molar-refractivity contribution in [3.63, 3.8) is 0 Å². The lowest BCUT2D eigenvalue weighted by molar-refractivity contribution is 0.242. The zero-order valence-electron chi connectivity index (χ0n) is 13.3. The highest BCUT2D eigenvalue weighted by Crippen LogP contribution is 2.24. The van der Waals surface area contributed by atoms with E-state index in [-0.39, 0.29) is 11.4 Å². The zero-order chi connectivity index (χ0) is 17.4. The van der Waals surface area contributed by atoms with Gasteiger partial charge in [-0.1, -0.05) is 23.7 Å². The molecule has 4 rings (SSSR count). The second-order valence-electron chi connectivity index (χ2n) is 6.01. The Morgan fingerprint density at radius 3 is 3.00 bits per heavy atom. The monoisotopic (exact) mass is 375 g/mol. The number of H-pyrrole nitrogens is 1. The molecule has 1 aliphatic rings. The molecule has 0 spiro atoms. The fourth-order valence-electron chi connectivity index (χ4n) is 3.04. The van der Waals surface area contributed by atoms with Crippen molar-refractivity contribution in [3.8, 4) is 10.7 Å². The van der Waals surface area contributed by atoms with Gasteiger partial charge in [0.15, 0.2) is 5.82 Å². The minimum atomic E-state index is -0.348. The van der Waals surface area contributed by atoms with Crippen molar-refractivity contribution < 1.29 is 4.39 Å². The van der Waals surface area contributed by atoms with Crippen LogP contribution in [0.5, 0.6) is 0 Å². The zero-order valence-corrected chi connectivity index (χ0v) is 14.8. The Bertz CT molecular complexity index is 971. The van der Waals surface area contributed by atoms with Crippen molar-refractivity contribution in [2.45, 2.75) is 19.5 Å². The smallest absolute Gasteiger partial charge is 0.255 e. The summed E-state index contributed by atoms with van der Waals surface area (Å²) < 4.78 is 13.2. The van der Waals surface area contributed by atoms with Gasteiger partial charge in [0.05, 0.1) is 16.1 Å². The highest BCUT2D eigenvalue weighted by Gasteiger charge is 2.22. The maximum absolute atomic E-state index is 13.2. The van der Waals surface area contributed by atoms with Crippen LogP contribution in [0.3, 0.4) is 0 Å². The second kappa shape index (κ2) is 6.71. The lowest BCUT2D eigenvalue weighted by Gasteiger charge is -2.28. The SMILES string of the molecule is O=c1[nH]c(-c2cccs2)nc2c1CN(Cc1ccc(F)cc1Cl)CC2. The lowest BCUT2D eigenvalue weighted by Crippen LogP contribution is -2.35. The summed E-state index contributed by atoms with van der Waals surface area (Å²) >= 11 is 7.66. The standard InChI is InChI=1S/C18H15ClFN3OS/c19-14-8-12(20)4-3-11(14)9-23-6-5-15-13(10-23)18(24)22-17(21-15)16-2-1-7-25-16/h1-4,7-8H,5-6,9-10H2,(H,21,22,24). The lowest BCUT2D eigenvalue weighted by atomic mass is 10.1. The highest BCUT2D eigenvalue weighted by atomic mass is 35.5. The van der Waals surface area contributed by atoms with E-state index in [0.29, 0.717) is 35.9 Å². The number of nitrogens with one attached hydrogen (secondary N) is 1. The van der Waals surface area contributed by atoms with E-state index in [1.165, 1.54) is 12.1 Å². The van der Waals surface area contributed by atoms with E-state index in [1.54, 1.807) is 17.4 Å². The number of aromatic nitrogens is 2. The molecule has 0 amide bonds. The molecule has 0 unspecified atom stereocenters. The van der Waals surface area contributed by atoms with Crippen LogP contribution < -0.4 is 5.56 Å². The molecule has 3 aromatic rings. The number of fused-ring (bicyclic) bond motifs is 1. The molecule has 7 heteroatoms. The molecule has 0 saturated carbocycles. The van der Waals surface area contributed by atoms with Crippen LogP contribution in [0.25, 0.3) is 10.7 Å². The molecular formula is C18H15ClFN3OS. The van der Waals surface area contributed by atoms with Crippen molar-refractivity contribution >= 4 is 22.9 Å². The van der Waals surface area contributed by atoms with Gasteiger partial charge < -0.3 is 4.98 Å². The maximum atomic E-state index is 13.2. The predicted octanol–water partition coefficient (Wildman–Crippen LogP) is 3.85. The summed E-state index contributed by atoms with van der Waals surface area (Å²) in [6.45, 7) is 1.86. The van der Waals surface area contributed by atoms with Crippen molar-refractivity contribution in [1.82, 2.24) is 14.9 Å². The minimum Gasteiger partial charge on any atom is -0.306 e. The third kappa shape index (κ3) is 3.38. The topological polar surface area (TPSA) is 49.0 Å². The fourth-order valence-corrected chi connectivity index (χ4v) is 3.93. The number of nitrogens with zero attached hydrogens (tertiary/aromatic N) is 2. The molecule has 0 saturated heterocycles. The van der Waals surface area contributed by atoms with Gasteiger partial charge in [-0.2, -0.15) is 0 Å². The molecule has 3 heterocycles. The first kappa shape index (κ1) is 16.4. The Morgan fingerprint density at radius 2 is 2.24 bits per heavy atom. The molecular weight excluding hydrogens is 361 g/mol. The number of hydrogen-bond acceptors (Lipinski definition) is 4. The summed E-state index contributed by atoms with van der Waals surface area (Å²) in [7, 11) is 0. The Morgan fingerprint density at radius 1 is 1.36 bits per heavy atom. The summed E-state index contributed by atoms with van der Waals surface area (Å²) in [5, 5.41) is 2.37. The van der Waals surface area contributed by atoms with Crippen LogP contribution in [-0.4, -0.2) is 21.4 Å². The molecule has 0 bridgehead atoms. The summed E-state index contributed by atoms with van der Waals surface area (Å²) in [5.74, 6) is 0.285. The van der Waals surface area contributed by atoms with Gasteiger partial charge in [-0.15, -0.1) is 11.3 Å². The average molecular weight is 376 g/mol. The summed E-state index contributed by atoms with van der Waals surface area (Å²) in [5.41, 5.74) is 2.31. The molecule has 4 nitrogen and oxygen atoms in total. The largest absolute Gasteiger partial charge is 0.306 e. The molecule has 128 valence electrons. The number of rotatable bonds is 3. The van der Waals surface area contributed by atoms with E-state index < -0.39 is 0 Å². The van der Waals surface area contributed by atoms with Crippen LogP contribution >= 0.6 is 22.9 Å². The third-order valence-corrected chi connectivity index (χ3v) is 5.54. The Labute approximate surface area is 152 Å². The summed E-state index contributed by atoms with van der Waals surface area (Å²) in [6, 6.07) is 8.29. The van der Waals surface area contributed by atoms with Gasteiger partial charge in [0, 0.05) is 31.1 Å². The third-order valence-electron chi connectivity index (χ3n) is 4.31. The van der Waals surface area contributed by atoms with Gasteiger partial charge in [-0.3, -0.25) is 9.69 Å². The van der Waals surface area contributed by atoms with Crippen molar-refractivity contribution in [2.24, 2.45) is 0 Å². The van der Waals surface area contributed by atoms with Crippen molar-refractivity contribution in [2.75, 3.05) is 6.54 Å². The van der Waals surface area contributed by atoms with Crippen LogP contribution in [0.15, 0.2) is 40.5 Å². The Hall–Kier alpha value is -2.02. The van der Waals surface area contributed by atoms with Gasteiger partial charge in [-0.05, 0) is 29.1 Å². The van der Waals surface area contributed by atoms with Crippen molar-refractivity contribution in [1.29, 1.82) is 0 Å². The van der Waals surface area contributed by atoms with Gasteiger partial charge in [0.1, 0.15) is 5.82 Å². The van der Waals surface area contributed by atoms with Gasteiger partial charge in [0.25, 0.3) is 5.56 Å². The quantitative estimate of drug-likeness (QED) is 0.756. The number of benzene rings is 1. The Kier molecular flexibility index (Phi) is 4.41. The molecule has 0 aliphatic carbocycles. The second-order valence-corrected chi connectivity index (χ2v) is 7.37. The van der Waals surface area contributed by atoms with Crippen molar-refractivity contribution in [3.05, 3.63) is 73.7 Å². The first-order chi connectivity index (χ1) is 12.1. The summed E-state index contributed by atoms with van der Waals surface area (Å²) in [4.78, 5) is 23.1. The van der Waals surface area contributed by atoms with Gasteiger partial charge in [0.2, 0.25) is 0 Å². The molecule has 25 heavy (non-hydrogen) atoms. The van der Waals surface area contributed by atoms with Crippen LogP contribution in [0.4, 0.5) is 4.39 Å². The van der Waals surface area contributed by atoms with E-state index in [0.717, 1.165) is 22.7 Å². The number of halogens is 2. The van der Waals surface area contributed by atoms with E-state index in [9.17, 15) is 9.18 Å². The molecule has 0 radical (unpaired) electrons.